The lowest BCUT2D eigenvalue weighted by molar-refractivity contribution is 0.600. The predicted molar refractivity (Wildman–Crippen MR) is 72.0 cm³/mol. The quantitative estimate of drug-likeness (QED) is 0.901. The van der Waals surface area contributed by atoms with Crippen LogP contribution >= 0.6 is 11.6 Å². The molecule has 0 spiro atoms. The Balaban J connectivity index is 2.50. The first-order chi connectivity index (χ1) is 8.37. The predicted octanol–water partition coefficient (Wildman–Crippen LogP) is 1.86. The van der Waals surface area contributed by atoms with Crippen LogP contribution in [0.15, 0.2) is 24.3 Å². The first kappa shape index (κ1) is 12.9. The molecule has 3 N–H and O–H groups in total. The van der Waals surface area contributed by atoms with Gasteiger partial charge in [-0.3, -0.25) is 5.10 Å². The minimum atomic E-state index is -3.16. The molecule has 0 saturated carbocycles. The second-order valence-corrected chi connectivity index (χ2v) is 6.62. The molecule has 0 atom stereocenters. The van der Waals surface area contributed by atoms with Gasteiger partial charge in [0.25, 0.3) is 0 Å². The van der Waals surface area contributed by atoms with Crippen molar-refractivity contribution in [2.75, 3.05) is 12.0 Å². The molecule has 0 aliphatic heterocycles. The molecule has 96 valence electrons. The summed E-state index contributed by atoms with van der Waals surface area (Å²) in [6, 6.07) is 6.98. The SMILES string of the molecule is CS(=O)(=O)Cc1[nH]nc(N)c1-c1ccc(Cl)cc1. The number of nitrogens with two attached hydrogens (primary N) is 1. The monoisotopic (exact) mass is 285 g/mol. The highest BCUT2D eigenvalue weighted by molar-refractivity contribution is 7.89. The van der Waals surface area contributed by atoms with Crippen molar-refractivity contribution >= 4 is 27.3 Å². The maximum atomic E-state index is 11.3. The number of hydrogen-bond acceptors (Lipinski definition) is 4. The average Bonchev–Trinajstić information content (AvgIpc) is 2.59. The van der Waals surface area contributed by atoms with Gasteiger partial charge in [0.05, 0.1) is 11.4 Å². The highest BCUT2D eigenvalue weighted by Crippen LogP contribution is 2.29. The second kappa shape index (κ2) is 4.62. The topological polar surface area (TPSA) is 88.8 Å². The standard InChI is InChI=1S/C11H12ClN3O2S/c1-18(16,17)6-9-10(11(13)15-14-9)7-2-4-8(12)5-3-7/h2-5H,6H2,1H3,(H3,13,14,15). The fourth-order valence-corrected chi connectivity index (χ4v) is 2.56. The molecule has 2 rings (SSSR count). The van der Waals surface area contributed by atoms with E-state index in [1.807, 2.05) is 0 Å². The van der Waals surface area contributed by atoms with Gasteiger partial charge in [0, 0.05) is 16.8 Å². The van der Waals surface area contributed by atoms with Crippen LogP contribution in [0.2, 0.25) is 5.02 Å². The van der Waals surface area contributed by atoms with Gasteiger partial charge in [-0.2, -0.15) is 5.10 Å². The van der Waals surface area contributed by atoms with Crippen molar-refractivity contribution in [3.05, 3.63) is 35.0 Å². The van der Waals surface area contributed by atoms with Crippen LogP contribution in [0.25, 0.3) is 11.1 Å². The maximum absolute atomic E-state index is 11.3. The minimum absolute atomic E-state index is 0.130. The van der Waals surface area contributed by atoms with Crippen molar-refractivity contribution in [2.24, 2.45) is 0 Å². The largest absolute Gasteiger partial charge is 0.382 e. The molecule has 1 aromatic heterocycles. The van der Waals surface area contributed by atoms with Crippen LogP contribution in [0.3, 0.4) is 0 Å². The molecule has 7 heteroatoms. The van der Waals surface area contributed by atoms with Crippen LogP contribution in [0.5, 0.6) is 0 Å². The first-order valence-corrected chi connectivity index (χ1v) is 7.57. The zero-order chi connectivity index (χ0) is 13.3. The molecule has 2 aromatic rings. The Morgan fingerprint density at radius 2 is 1.94 bits per heavy atom. The van der Waals surface area contributed by atoms with E-state index in [9.17, 15) is 8.42 Å². The number of halogens is 1. The highest BCUT2D eigenvalue weighted by Gasteiger charge is 2.16. The van der Waals surface area contributed by atoms with Gasteiger partial charge in [-0.15, -0.1) is 0 Å². The maximum Gasteiger partial charge on any atom is 0.153 e. The number of aromatic nitrogens is 2. The number of sulfone groups is 1. The summed E-state index contributed by atoms with van der Waals surface area (Å²) in [5.74, 6) is 0.144. The van der Waals surface area contributed by atoms with Gasteiger partial charge in [0.15, 0.2) is 15.7 Å². The molecule has 0 amide bonds. The summed E-state index contributed by atoms with van der Waals surface area (Å²) in [6.45, 7) is 0. The number of H-pyrrole nitrogens is 1. The second-order valence-electron chi connectivity index (χ2n) is 4.04. The van der Waals surface area contributed by atoms with Crippen LogP contribution in [-0.4, -0.2) is 24.9 Å². The van der Waals surface area contributed by atoms with E-state index in [1.165, 1.54) is 0 Å². The Morgan fingerprint density at radius 1 is 1.33 bits per heavy atom. The smallest absolute Gasteiger partial charge is 0.153 e. The van der Waals surface area contributed by atoms with E-state index in [4.69, 9.17) is 17.3 Å². The number of nitrogens with zero attached hydrogens (tertiary/aromatic N) is 1. The zero-order valence-corrected chi connectivity index (χ0v) is 11.2. The molecular weight excluding hydrogens is 274 g/mol. The number of rotatable bonds is 3. The molecule has 1 heterocycles. The van der Waals surface area contributed by atoms with Crippen LogP contribution in [0, 0.1) is 0 Å². The Bertz CT molecular complexity index is 662. The van der Waals surface area contributed by atoms with Crippen molar-refractivity contribution in [1.29, 1.82) is 0 Å². The number of benzene rings is 1. The Kier molecular flexibility index (Phi) is 3.32. The van der Waals surface area contributed by atoms with E-state index in [1.54, 1.807) is 24.3 Å². The molecule has 0 aliphatic rings. The summed E-state index contributed by atoms with van der Waals surface area (Å²) in [6.07, 6.45) is 1.16. The van der Waals surface area contributed by atoms with E-state index >= 15 is 0 Å². The summed E-state index contributed by atoms with van der Waals surface area (Å²) in [4.78, 5) is 0. The van der Waals surface area contributed by atoms with Crippen LogP contribution in [-0.2, 0) is 15.6 Å². The number of aromatic amines is 1. The summed E-state index contributed by atoms with van der Waals surface area (Å²) in [5, 5.41) is 7.11. The Morgan fingerprint density at radius 3 is 2.50 bits per heavy atom. The molecule has 0 unspecified atom stereocenters. The summed E-state index contributed by atoms with van der Waals surface area (Å²) in [5.41, 5.74) is 7.63. The molecule has 18 heavy (non-hydrogen) atoms. The van der Waals surface area contributed by atoms with E-state index in [0.29, 0.717) is 16.3 Å². The van der Waals surface area contributed by atoms with Crippen molar-refractivity contribution in [2.45, 2.75) is 5.75 Å². The zero-order valence-electron chi connectivity index (χ0n) is 9.64. The fourth-order valence-electron chi connectivity index (χ4n) is 1.70. The molecule has 0 fully saturated rings. The minimum Gasteiger partial charge on any atom is -0.382 e. The van der Waals surface area contributed by atoms with Crippen LogP contribution in [0.1, 0.15) is 5.69 Å². The van der Waals surface area contributed by atoms with Crippen molar-refractivity contribution in [1.82, 2.24) is 10.2 Å². The van der Waals surface area contributed by atoms with Gasteiger partial charge in [0.2, 0.25) is 0 Å². The number of nitrogens with one attached hydrogen (secondary N) is 1. The summed E-state index contributed by atoms with van der Waals surface area (Å²) >= 11 is 5.81. The normalized spacial score (nSPS) is 11.7. The number of hydrogen-bond donors (Lipinski definition) is 2. The highest BCUT2D eigenvalue weighted by atomic mass is 35.5. The van der Waals surface area contributed by atoms with Gasteiger partial charge in [0.1, 0.15) is 0 Å². The van der Waals surface area contributed by atoms with Crippen LogP contribution < -0.4 is 5.73 Å². The Hall–Kier alpha value is -1.53. The Labute approximate surface area is 110 Å². The lowest BCUT2D eigenvalue weighted by Gasteiger charge is -2.03. The van der Waals surface area contributed by atoms with Gasteiger partial charge < -0.3 is 5.73 Å². The van der Waals surface area contributed by atoms with E-state index in [-0.39, 0.29) is 11.6 Å². The van der Waals surface area contributed by atoms with Gasteiger partial charge in [-0.05, 0) is 17.7 Å². The van der Waals surface area contributed by atoms with Crippen molar-refractivity contribution in [3.63, 3.8) is 0 Å². The molecule has 0 aliphatic carbocycles. The lowest BCUT2D eigenvalue weighted by Crippen LogP contribution is -2.02. The number of anilines is 1. The summed E-state index contributed by atoms with van der Waals surface area (Å²) < 4.78 is 22.7. The third-order valence-corrected chi connectivity index (χ3v) is 3.47. The number of nitrogen functional groups attached to an aromatic ring is 1. The van der Waals surface area contributed by atoms with Crippen LogP contribution in [0.4, 0.5) is 5.82 Å². The molecule has 5 nitrogen and oxygen atoms in total. The van der Waals surface area contributed by atoms with Gasteiger partial charge >= 0.3 is 0 Å². The van der Waals surface area contributed by atoms with E-state index in [0.717, 1.165) is 11.8 Å². The molecule has 0 saturated heterocycles. The molecular formula is C11H12ClN3O2S. The van der Waals surface area contributed by atoms with Crippen molar-refractivity contribution in [3.8, 4) is 11.1 Å². The first-order valence-electron chi connectivity index (χ1n) is 5.13. The van der Waals surface area contributed by atoms with Crippen molar-refractivity contribution < 1.29 is 8.42 Å². The van der Waals surface area contributed by atoms with Gasteiger partial charge in [-0.25, -0.2) is 8.42 Å². The fraction of sp³-hybridized carbons (Fsp3) is 0.182. The van der Waals surface area contributed by atoms with E-state index in [2.05, 4.69) is 10.2 Å². The molecule has 0 bridgehead atoms. The third kappa shape index (κ3) is 2.83. The summed E-state index contributed by atoms with van der Waals surface area (Å²) in [7, 11) is -3.16. The average molecular weight is 286 g/mol. The molecule has 0 radical (unpaired) electrons. The third-order valence-electron chi connectivity index (χ3n) is 2.41. The molecule has 1 aromatic carbocycles. The van der Waals surface area contributed by atoms with E-state index < -0.39 is 9.84 Å². The van der Waals surface area contributed by atoms with Gasteiger partial charge in [-0.1, -0.05) is 23.7 Å². The lowest BCUT2D eigenvalue weighted by atomic mass is 10.1.